The van der Waals surface area contributed by atoms with E-state index in [1.807, 2.05) is 86.9 Å². The largest absolute Gasteiger partial charge is 0.400 e. The molecule has 1 saturated carbocycles. The van der Waals surface area contributed by atoms with Crippen molar-refractivity contribution in [2.24, 2.45) is 5.92 Å². The molecule has 0 atom stereocenters. The fraction of sp³-hybridized carbons (Fsp3) is 0.471. The second-order valence-electron chi connectivity index (χ2n) is 10.7. The van der Waals surface area contributed by atoms with Crippen molar-refractivity contribution in [1.82, 2.24) is 4.90 Å². The van der Waals surface area contributed by atoms with Crippen LogP contribution in [-0.4, -0.2) is 54.2 Å². The molecule has 0 unspecified atom stereocenters. The van der Waals surface area contributed by atoms with Crippen LogP contribution < -0.4 is 4.90 Å². The number of anilines is 1. The van der Waals surface area contributed by atoms with Gasteiger partial charge in [0.2, 0.25) is 5.91 Å². The lowest BCUT2D eigenvalue weighted by molar-refractivity contribution is -0.136. The maximum absolute atomic E-state index is 14.2. The molecule has 0 saturated heterocycles. The van der Waals surface area contributed by atoms with E-state index in [2.05, 4.69) is 18.2 Å². The third kappa shape index (κ3) is 8.28. The number of nitrogens with zero attached hydrogens (tertiary/aromatic N) is 2. The summed E-state index contributed by atoms with van der Waals surface area (Å²) in [6, 6.07) is 20.4. The number of aliphatic hydroxyl groups excluding tert-OH is 1. The van der Waals surface area contributed by atoms with Crippen molar-refractivity contribution in [1.29, 1.82) is 0 Å². The van der Waals surface area contributed by atoms with Crippen LogP contribution in [0.2, 0.25) is 0 Å². The van der Waals surface area contributed by atoms with Crippen molar-refractivity contribution in [3.63, 3.8) is 0 Å². The van der Waals surface area contributed by atoms with Gasteiger partial charge in [-0.15, -0.1) is 11.3 Å². The smallest absolute Gasteiger partial charge is 0.259 e. The Bertz CT molecular complexity index is 1230. The fourth-order valence-electron chi connectivity index (χ4n) is 5.36. The van der Waals surface area contributed by atoms with Crippen LogP contribution in [-0.2, 0) is 16.1 Å². The number of aryl methyl sites for hydroxylation is 1. The Morgan fingerprint density at radius 3 is 2.12 bits per heavy atom. The second kappa shape index (κ2) is 15.9. The average molecular weight is 579 g/mol. The van der Waals surface area contributed by atoms with E-state index < -0.39 is 0 Å². The molecule has 0 aliphatic heterocycles. The number of amides is 2. The first-order chi connectivity index (χ1) is 19.8. The Morgan fingerprint density at radius 2 is 1.56 bits per heavy atom. The molecule has 7 heteroatoms. The Balaban J connectivity index is 0.00000226. The number of thiophene rings is 1. The van der Waals surface area contributed by atoms with Gasteiger partial charge in [-0.1, -0.05) is 48.0 Å². The van der Waals surface area contributed by atoms with Crippen molar-refractivity contribution in [2.45, 2.75) is 79.1 Å². The quantitative estimate of drug-likeness (QED) is 0.273. The van der Waals surface area contributed by atoms with Crippen molar-refractivity contribution in [3.8, 4) is 10.4 Å². The third-order valence-corrected chi connectivity index (χ3v) is 8.87. The van der Waals surface area contributed by atoms with E-state index in [1.165, 1.54) is 0 Å². The number of aliphatic hydroxyl groups is 1. The van der Waals surface area contributed by atoms with Crippen molar-refractivity contribution in [2.75, 3.05) is 25.1 Å². The first-order valence-electron chi connectivity index (χ1n) is 14.8. The molecular formula is C34H46N2O4S. The summed E-state index contributed by atoms with van der Waals surface area (Å²) in [7, 11) is 1.00. The van der Waals surface area contributed by atoms with Crippen LogP contribution in [0, 0.1) is 12.8 Å². The molecule has 6 nitrogen and oxygen atoms in total. The molecule has 1 N–H and O–H groups in total. The summed E-state index contributed by atoms with van der Waals surface area (Å²) in [5.41, 5.74) is 3.99. The number of rotatable bonds is 10. The van der Waals surface area contributed by atoms with Gasteiger partial charge in [0.25, 0.3) is 5.91 Å². The second-order valence-corrected chi connectivity index (χ2v) is 11.8. The highest BCUT2D eigenvalue weighted by Crippen LogP contribution is 2.42. The number of hydrogen-bond acceptors (Lipinski definition) is 5. The van der Waals surface area contributed by atoms with Crippen LogP contribution >= 0.6 is 11.3 Å². The summed E-state index contributed by atoms with van der Waals surface area (Å²) in [6.45, 7) is 12.1. The first kappa shape index (κ1) is 32.5. The van der Waals surface area contributed by atoms with Gasteiger partial charge in [-0.05, 0) is 84.1 Å². The zero-order chi connectivity index (χ0) is 29.9. The van der Waals surface area contributed by atoms with Gasteiger partial charge in [0.15, 0.2) is 0 Å². The molecule has 2 aromatic carbocycles. The molecule has 222 valence electrons. The predicted octanol–water partition coefficient (Wildman–Crippen LogP) is 7.33. The van der Waals surface area contributed by atoms with E-state index in [4.69, 9.17) is 9.84 Å². The van der Waals surface area contributed by atoms with E-state index in [9.17, 15) is 9.59 Å². The summed E-state index contributed by atoms with van der Waals surface area (Å²) < 4.78 is 6.07. The molecule has 1 aliphatic rings. The summed E-state index contributed by atoms with van der Waals surface area (Å²) in [5, 5.41) is 7.96. The summed E-state index contributed by atoms with van der Waals surface area (Å²) in [5.74, 6) is 0.300. The lowest BCUT2D eigenvalue weighted by Crippen LogP contribution is -2.45. The minimum atomic E-state index is 0.0146. The molecule has 3 aromatic rings. The van der Waals surface area contributed by atoms with Crippen LogP contribution in [0.5, 0.6) is 0 Å². The molecule has 0 spiro atoms. The minimum absolute atomic E-state index is 0.0146. The first-order valence-corrected chi connectivity index (χ1v) is 15.6. The van der Waals surface area contributed by atoms with Gasteiger partial charge in [-0.2, -0.15) is 0 Å². The number of carbonyl (C=O) groups is 2. The molecule has 0 radical (unpaired) electrons. The molecule has 1 fully saturated rings. The van der Waals surface area contributed by atoms with Gasteiger partial charge >= 0.3 is 0 Å². The maximum Gasteiger partial charge on any atom is 0.259 e. The van der Waals surface area contributed by atoms with E-state index in [0.717, 1.165) is 72.5 Å². The molecule has 1 heterocycles. The lowest BCUT2D eigenvalue weighted by Gasteiger charge is -2.37. The minimum Gasteiger partial charge on any atom is -0.400 e. The van der Waals surface area contributed by atoms with Crippen molar-refractivity contribution >= 4 is 28.2 Å². The van der Waals surface area contributed by atoms with Crippen LogP contribution in [0.4, 0.5) is 5.00 Å². The van der Waals surface area contributed by atoms with E-state index in [0.29, 0.717) is 12.2 Å². The number of ether oxygens (including phenoxy) is 1. The predicted molar refractivity (Wildman–Crippen MR) is 169 cm³/mol. The van der Waals surface area contributed by atoms with Gasteiger partial charge in [-0.25, -0.2) is 0 Å². The topological polar surface area (TPSA) is 70.1 Å². The van der Waals surface area contributed by atoms with Crippen molar-refractivity contribution < 1.29 is 19.4 Å². The zero-order valence-electron chi connectivity index (χ0n) is 25.4. The van der Waals surface area contributed by atoms with Crippen LogP contribution in [0.3, 0.4) is 0 Å². The fourth-order valence-corrected chi connectivity index (χ4v) is 6.60. The third-order valence-electron chi connectivity index (χ3n) is 7.64. The SMILES string of the molecule is CCN(CC)C(=O)C1CCC(N(C(=O)c2ccc(C)cc2)c2sc(-c3ccccc3)cc2COC(C)C)CC1.CO. The van der Waals surface area contributed by atoms with Gasteiger partial charge in [0.05, 0.1) is 12.7 Å². The standard InChI is InChI=1S/C33H42N2O3S.CH4O/c1-6-34(7-2)31(36)26-17-19-29(20-18-26)35(32(37)27-15-13-24(5)14-16-27)33-28(22-38-23(3)4)21-30(39-33)25-11-9-8-10-12-25;1-2/h8-16,21,23,26,29H,6-7,17-20,22H2,1-5H3;2H,1H3. The van der Waals surface area contributed by atoms with Crippen LogP contribution in [0.1, 0.15) is 74.9 Å². The van der Waals surface area contributed by atoms with Gasteiger partial charge in [0.1, 0.15) is 5.00 Å². The molecule has 1 aromatic heterocycles. The maximum atomic E-state index is 14.2. The molecule has 41 heavy (non-hydrogen) atoms. The Hall–Kier alpha value is -3.00. The van der Waals surface area contributed by atoms with Gasteiger partial charge < -0.3 is 14.7 Å². The van der Waals surface area contributed by atoms with E-state index in [-0.39, 0.29) is 29.9 Å². The molecule has 2 amide bonds. The molecule has 4 rings (SSSR count). The van der Waals surface area contributed by atoms with Crippen LogP contribution in [0.15, 0.2) is 60.7 Å². The highest BCUT2D eigenvalue weighted by atomic mass is 32.1. The summed E-state index contributed by atoms with van der Waals surface area (Å²) in [6.07, 6.45) is 3.29. The van der Waals surface area contributed by atoms with Gasteiger partial charge in [0, 0.05) is 48.2 Å². The Morgan fingerprint density at radius 1 is 0.951 bits per heavy atom. The van der Waals surface area contributed by atoms with E-state index in [1.54, 1.807) is 11.3 Å². The number of hydrogen-bond donors (Lipinski definition) is 1. The highest BCUT2D eigenvalue weighted by Gasteiger charge is 2.36. The van der Waals surface area contributed by atoms with E-state index >= 15 is 0 Å². The number of carbonyl (C=O) groups excluding carboxylic acids is 2. The van der Waals surface area contributed by atoms with Gasteiger partial charge in [-0.3, -0.25) is 14.5 Å². The highest BCUT2D eigenvalue weighted by molar-refractivity contribution is 7.19. The Labute approximate surface area is 250 Å². The Kier molecular flexibility index (Phi) is 12.6. The molecule has 0 bridgehead atoms. The summed E-state index contributed by atoms with van der Waals surface area (Å²) in [4.78, 5) is 32.4. The monoisotopic (exact) mass is 578 g/mol. The lowest BCUT2D eigenvalue weighted by atomic mass is 9.84. The van der Waals surface area contributed by atoms with Crippen LogP contribution in [0.25, 0.3) is 10.4 Å². The number of benzene rings is 2. The summed E-state index contributed by atoms with van der Waals surface area (Å²) >= 11 is 1.66. The molecule has 1 aliphatic carbocycles. The molecular weight excluding hydrogens is 532 g/mol. The average Bonchev–Trinajstić information content (AvgIpc) is 3.42. The zero-order valence-corrected chi connectivity index (χ0v) is 26.2. The van der Waals surface area contributed by atoms with Crippen molar-refractivity contribution in [3.05, 3.63) is 77.4 Å². The normalized spacial score (nSPS) is 16.6.